The molecule has 2 aromatic carbocycles. The molecule has 3 rings (SSSR count). The molecular formula is C22H21F3N4O3S. The molecule has 2 amide bonds. The Hall–Kier alpha value is -3.44. The van der Waals surface area contributed by atoms with Crippen LogP contribution >= 0.6 is 0 Å². The summed E-state index contributed by atoms with van der Waals surface area (Å²) in [5.41, 5.74) is 1.55. The number of anilines is 1. The van der Waals surface area contributed by atoms with Gasteiger partial charge >= 0.3 is 12.2 Å². The number of carbonyl (C=O) groups excluding carboxylic acids is 1. The van der Waals surface area contributed by atoms with E-state index in [1.54, 1.807) is 54.9 Å². The topological polar surface area (TPSA) is 91.4 Å². The summed E-state index contributed by atoms with van der Waals surface area (Å²) in [6.07, 6.45) is -1.53. The molecule has 0 aliphatic rings. The van der Waals surface area contributed by atoms with Crippen LogP contribution in [0.5, 0.6) is 0 Å². The first kappa shape index (κ1) is 24.2. The quantitative estimate of drug-likeness (QED) is 0.509. The average Bonchev–Trinajstić information content (AvgIpc) is 2.78. The van der Waals surface area contributed by atoms with Crippen LogP contribution in [0, 0.1) is 0 Å². The van der Waals surface area contributed by atoms with Crippen LogP contribution in [-0.2, 0) is 23.1 Å². The number of amides is 2. The summed E-state index contributed by atoms with van der Waals surface area (Å²) in [6.45, 7) is -1.80. The minimum atomic E-state index is -4.71. The number of urea groups is 1. The summed E-state index contributed by atoms with van der Waals surface area (Å²) in [7, 11) is -4.44. The molecule has 0 radical (unpaired) electrons. The van der Waals surface area contributed by atoms with Gasteiger partial charge in [-0.2, -0.15) is 17.5 Å². The molecule has 3 aromatic rings. The van der Waals surface area contributed by atoms with Gasteiger partial charge in [-0.15, -0.1) is 0 Å². The zero-order valence-corrected chi connectivity index (χ0v) is 18.1. The Morgan fingerprint density at radius 3 is 2.15 bits per heavy atom. The van der Waals surface area contributed by atoms with Crippen LogP contribution in [0.25, 0.3) is 0 Å². The van der Waals surface area contributed by atoms with E-state index in [4.69, 9.17) is 0 Å². The normalized spacial score (nSPS) is 11.9. The van der Waals surface area contributed by atoms with Crippen molar-refractivity contribution < 1.29 is 26.4 Å². The molecule has 7 nitrogen and oxygen atoms in total. The Morgan fingerprint density at radius 1 is 0.909 bits per heavy atom. The molecule has 0 atom stereocenters. The molecule has 1 heterocycles. The van der Waals surface area contributed by atoms with Crippen LogP contribution in [0.3, 0.4) is 0 Å². The van der Waals surface area contributed by atoms with E-state index in [2.05, 4.69) is 15.6 Å². The molecule has 174 valence electrons. The third-order valence-corrected chi connectivity index (χ3v) is 6.32. The Kier molecular flexibility index (Phi) is 7.67. The average molecular weight is 478 g/mol. The van der Waals surface area contributed by atoms with Gasteiger partial charge in [-0.25, -0.2) is 13.2 Å². The Labute approximate surface area is 189 Å². The molecule has 11 heteroatoms. The first-order valence-electron chi connectivity index (χ1n) is 9.78. The van der Waals surface area contributed by atoms with Crippen LogP contribution in [0.1, 0.15) is 11.1 Å². The number of hydrogen-bond acceptors (Lipinski definition) is 4. The lowest BCUT2D eigenvalue weighted by Crippen LogP contribution is -2.38. The van der Waals surface area contributed by atoms with Gasteiger partial charge in [-0.1, -0.05) is 30.3 Å². The van der Waals surface area contributed by atoms with E-state index in [0.29, 0.717) is 9.87 Å². The van der Waals surface area contributed by atoms with Crippen LogP contribution < -0.4 is 10.6 Å². The van der Waals surface area contributed by atoms with Crippen molar-refractivity contribution in [3.63, 3.8) is 0 Å². The highest BCUT2D eigenvalue weighted by Gasteiger charge is 2.37. The Morgan fingerprint density at radius 2 is 1.55 bits per heavy atom. The van der Waals surface area contributed by atoms with Gasteiger partial charge in [0, 0.05) is 31.2 Å². The van der Waals surface area contributed by atoms with Crippen LogP contribution in [0.15, 0.2) is 84.0 Å². The maximum Gasteiger partial charge on any atom is 0.402 e. The molecule has 0 bridgehead atoms. The molecule has 2 N–H and O–H groups in total. The summed E-state index contributed by atoms with van der Waals surface area (Å²) in [4.78, 5) is 15.6. The number of aromatic nitrogens is 1. The molecule has 0 saturated carbocycles. The monoisotopic (exact) mass is 478 g/mol. The highest BCUT2D eigenvalue weighted by Crippen LogP contribution is 2.25. The lowest BCUT2D eigenvalue weighted by molar-refractivity contribution is -0.136. The fourth-order valence-corrected chi connectivity index (χ4v) is 4.34. The fourth-order valence-electron chi connectivity index (χ4n) is 2.93. The second kappa shape index (κ2) is 10.5. The predicted octanol–water partition coefficient (Wildman–Crippen LogP) is 4.16. The highest BCUT2D eigenvalue weighted by molar-refractivity contribution is 7.89. The predicted molar refractivity (Wildman–Crippen MR) is 117 cm³/mol. The third-order valence-electron chi connectivity index (χ3n) is 4.51. The molecule has 0 fully saturated rings. The van der Waals surface area contributed by atoms with Crippen molar-refractivity contribution in [2.24, 2.45) is 0 Å². The number of alkyl halides is 3. The smallest absolute Gasteiger partial charge is 0.334 e. The largest absolute Gasteiger partial charge is 0.402 e. The number of rotatable bonds is 8. The van der Waals surface area contributed by atoms with Crippen LogP contribution in [-0.4, -0.2) is 36.5 Å². The van der Waals surface area contributed by atoms with Crippen molar-refractivity contribution in [1.29, 1.82) is 0 Å². The fraction of sp³-hybridized carbons (Fsp3) is 0.182. The van der Waals surface area contributed by atoms with E-state index in [-0.39, 0.29) is 17.1 Å². The first-order chi connectivity index (χ1) is 15.6. The summed E-state index contributed by atoms with van der Waals surface area (Å²) >= 11 is 0. The molecule has 0 aliphatic carbocycles. The minimum absolute atomic E-state index is 0.257. The van der Waals surface area contributed by atoms with E-state index < -0.39 is 35.3 Å². The first-order valence-corrected chi connectivity index (χ1v) is 11.2. The SMILES string of the molecule is O=C(NCc1ccncc1)Nc1ccc(S(=O)(=O)N(Cc2ccccc2)CC(F)(F)F)cc1. The van der Waals surface area contributed by atoms with Crippen molar-refractivity contribution >= 4 is 21.7 Å². The molecule has 33 heavy (non-hydrogen) atoms. The second-order valence-corrected chi connectivity index (χ2v) is 9.00. The third kappa shape index (κ3) is 7.29. The van der Waals surface area contributed by atoms with Gasteiger partial charge in [-0.05, 0) is 47.5 Å². The van der Waals surface area contributed by atoms with Gasteiger partial charge in [-0.3, -0.25) is 4.98 Å². The minimum Gasteiger partial charge on any atom is -0.334 e. The zero-order valence-electron chi connectivity index (χ0n) is 17.3. The number of nitrogens with zero attached hydrogens (tertiary/aromatic N) is 2. The van der Waals surface area contributed by atoms with E-state index in [1.807, 2.05) is 0 Å². The molecular weight excluding hydrogens is 457 g/mol. The Bertz CT molecular complexity index is 1160. The maximum absolute atomic E-state index is 13.1. The number of halogens is 3. The van der Waals surface area contributed by atoms with Crippen molar-refractivity contribution in [3.8, 4) is 0 Å². The van der Waals surface area contributed by atoms with E-state index in [1.165, 1.54) is 12.1 Å². The van der Waals surface area contributed by atoms with Gasteiger partial charge < -0.3 is 10.6 Å². The van der Waals surface area contributed by atoms with Crippen LogP contribution in [0.4, 0.5) is 23.7 Å². The van der Waals surface area contributed by atoms with Gasteiger partial charge in [0.25, 0.3) is 0 Å². The van der Waals surface area contributed by atoms with Gasteiger partial charge in [0.15, 0.2) is 0 Å². The number of nitrogens with one attached hydrogen (secondary N) is 2. The van der Waals surface area contributed by atoms with E-state index in [0.717, 1.165) is 17.7 Å². The van der Waals surface area contributed by atoms with Gasteiger partial charge in [0.1, 0.15) is 6.54 Å². The number of hydrogen-bond donors (Lipinski definition) is 2. The van der Waals surface area contributed by atoms with Crippen molar-refractivity contribution in [3.05, 3.63) is 90.3 Å². The number of sulfonamides is 1. The summed E-state index contributed by atoms with van der Waals surface area (Å²) in [5, 5.41) is 5.18. The van der Waals surface area contributed by atoms with E-state index >= 15 is 0 Å². The standard InChI is InChI=1S/C22H21F3N4O3S/c23-22(24,25)16-29(15-18-4-2-1-3-5-18)33(31,32)20-8-6-19(7-9-20)28-21(30)27-14-17-10-12-26-13-11-17/h1-13H,14-16H2,(H2,27,28,30). The summed E-state index contributed by atoms with van der Waals surface area (Å²) in [6, 6.07) is 15.9. The lowest BCUT2D eigenvalue weighted by Gasteiger charge is -2.23. The summed E-state index contributed by atoms with van der Waals surface area (Å²) < 4.78 is 65.5. The van der Waals surface area contributed by atoms with Crippen LogP contribution in [0.2, 0.25) is 0 Å². The number of carbonyl (C=O) groups is 1. The lowest BCUT2D eigenvalue weighted by atomic mass is 10.2. The molecule has 0 spiro atoms. The molecule has 1 aromatic heterocycles. The number of pyridine rings is 1. The van der Waals surface area contributed by atoms with Crippen molar-refractivity contribution in [2.75, 3.05) is 11.9 Å². The zero-order chi connectivity index (χ0) is 23.9. The van der Waals surface area contributed by atoms with Gasteiger partial charge in [0.2, 0.25) is 10.0 Å². The maximum atomic E-state index is 13.1. The highest BCUT2D eigenvalue weighted by atomic mass is 32.2. The Balaban J connectivity index is 1.70. The molecule has 0 unspecified atom stereocenters. The van der Waals surface area contributed by atoms with Crippen molar-refractivity contribution in [2.45, 2.75) is 24.2 Å². The summed E-state index contributed by atoms with van der Waals surface area (Å²) in [5.74, 6) is 0. The van der Waals surface area contributed by atoms with Gasteiger partial charge in [0.05, 0.1) is 4.90 Å². The second-order valence-electron chi connectivity index (χ2n) is 7.06. The van der Waals surface area contributed by atoms with Crippen molar-refractivity contribution in [1.82, 2.24) is 14.6 Å². The molecule has 0 aliphatic heterocycles. The van der Waals surface area contributed by atoms with E-state index in [9.17, 15) is 26.4 Å². The number of benzene rings is 2. The molecule has 0 saturated heterocycles.